The van der Waals surface area contributed by atoms with E-state index in [0.29, 0.717) is 18.4 Å². The fraction of sp³-hybridized carbons (Fsp3) is 0.692. The fourth-order valence-corrected chi connectivity index (χ4v) is 3.04. The van der Waals surface area contributed by atoms with Crippen LogP contribution in [0, 0.1) is 12.5 Å². The first kappa shape index (κ1) is 16.7. The largest absolute Gasteiger partial charge is 0.358 e. The molecule has 3 N–H and O–H groups in total. The fourth-order valence-electron chi connectivity index (χ4n) is 3.04. The summed E-state index contributed by atoms with van der Waals surface area (Å²) in [5.41, 5.74) is 6.05. The quantitative estimate of drug-likeness (QED) is 0.497. The highest BCUT2D eigenvalue weighted by atomic mass is 16.6. The van der Waals surface area contributed by atoms with Gasteiger partial charge in [0.25, 0.3) is 5.56 Å². The van der Waals surface area contributed by atoms with E-state index in [1.807, 2.05) is 0 Å². The lowest BCUT2D eigenvalue weighted by atomic mass is 10.1. The molecule has 0 aromatic carbocycles. The molecule has 0 radical (unpaired) electrons. The van der Waals surface area contributed by atoms with E-state index in [4.69, 9.17) is 15.0 Å². The first-order valence-electron chi connectivity index (χ1n) is 7.61. The lowest BCUT2D eigenvalue weighted by Gasteiger charge is -2.37. The summed E-state index contributed by atoms with van der Waals surface area (Å²) in [5, 5.41) is 15.0. The number of nitrogens with zero attached hydrogens (tertiary/aromatic N) is 4. The minimum absolute atomic E-state index is 0.269. The zero-order chi connectivity index (χ0) is 17.3. The van der Waals surface area contributed by atoms with E-state index in [0.717, 1.165) is 5.06 Å². The van der Waals surface area contributed by atoms with Gasteiger partial charge in [-0.05, 0) is 6.92 Å². The van der Waals surface area contributed by atoms with Crippen molar-refractivity contribution in [2.24, 2.45) is 5.11 Å². The van der Waals surface area contributed by atoms with Crippen LogP contribution in [0.5, 0.6) is 0 Å². The molecule has 0 bridgehead atoms. The molecule has 0 aliphatic carbocycles. The molecule has 2 aliphatic rings. The number of H-pyrrole nitrogens is 1. The molecule has 2 fully saturated rings. The summed E-state index contributed by atoms with van der Waals surface area (Å²) in [5.74, 6) is 0. The summed E-state index contributed by atoms with van der Waals surface area (Å²) < 4.78 is 12.7. The number of hydrogen-bond acceptors (Lipinski definition) is 8. The molecule has 24 heavy (non-hydrogen) atoms. The van der Waals surface area contributed by atoms with Gasteiger partial charge in [-0.15, -0.1) is 0 Å². The first-order chi connectivity index (χ1) is 11.5. The molecule has 1 aromatic rings. The van der Waals surface area contributed by atoms with Crippen molar-refractivity contribution in [2.75, 3.05) is 13.2 Å². The van der Waals surface area contributed by atoms with E-state index in [2.05, 4.69) is 15.0 Å². The maximum absolute atomic E-state index is 12.0. The highest BCUT2D eigenvalue weighted by Crippen LogP contribution is 2.35. The van der Waals surface area contributed by atoms with Crippen LogP contribution in [0.15, 0.2) is 20.9 Å². The molecule has 3 rings (SSSR count). The Bertz CT molecular complexity index is 769. The second-order valence-electron chi connectivity index (χ2n) is 5.83. The van der Waals surface area contributed by atoms with E-state index in [1.165, 1.54) is 10.8 Å². The molecule has 2 saturated heterocycles. The van der Waals surface area contributed by atoms with Crippen molar-refractivity contribution in [1.29, 1.82) is 5.53 Å². The van der Waals surface area contributed by atoms with Crippen LogP contribution in [0.3, 0.4) is 0 Å². The molecule has 11 heteroatoms. The predicted molar refractivity (Wildman–Crippen MR) is 78.5 cm³/mol. The van der Waals surface area contributed by atoms with Crippen LogP contribution in [0.2, 0.25) is 0 Å². The van der Waals surface area contributed by atoms with Gasteiger partial charge in [-0.2, -0.15) is 5.06 Å². The SMILES string of the molecule is Cc1cn(C2CC3C(COC(CCN=[N+]=N)N3O)O2)c(=O)[nH]c1=O. The van der Waals surface area contributed by atoms with Gasteiger partial charge in [-0.1, -0.05) is 0 Å². The Hall–Kier alpha value is -2.17. The third-order valence-corrected chi connectivity index (χ3v) is 4.29. The Labute approximate surface area is 136 Å². The Morgan fingerprint density at radius 3 is 3.08 bits per heavy atom. The van der Waals surface area contributed by atoms with Gasteiger partial charge in [-0.3, -0.25) is 14.3 Å². The number of rotatable bonds is 4. The maximum atomic E-state index is 12.0. The average molecular weight is 339 g/mol. The lowest BCUT2D eigenvalue weighted by molar-refractivity contribution is -0.285. The van der Waals surface area contributed by atoms with Gasteiger partial charge in [-0.25, -0.2) is 4.79 Å². The standard InChI is InChI=1S/C13H18N6O5/c1-7-5-18(13(21)16-12(7)20)11-4-8-9(24-11)6-23-10(19(8)22)2-3-15-17-14/h5,8-11,14,22H,2-4,6H2,1H3/p+1. The van der Waals surface area contributed by atoms with Crippen molar-refractivity contribution < 1.29 is 14.7 Å². The van der Waals surface area contributed by atoms with Crippen LogP contribution in [-0.2, 0) is 9.47 Å². The van der Waals surface area contributed by atoms with Crippen LogP contribution < -0.4 is 16.2 Å². The van der Waals surface area contributed by atoms with Crippen molar-refractivity contribution in [3.63, 3.8) is 0 Å². The number of aromatic amines is 1. The molecule has 2 aliphatic heterocycles. The molecular formula is C13H19N6O5+. The third kappa shape index (κ3) is 3.07. The van der Waals surface area contributed by atoms with Crippen LogP contribution in [0.1, 0.15) is 24.6 Å². The lowest BCUT2D eigenvalue weighted by Crippen LogP contribution is -2.53. The summed E-state index contributed by atoms with van der Waals surface area (Å²) >= 11 is 0. The normalized spacial score (nSPS) is 29.9. The van der Waals surface area contributed by atoms with Gasteiger partial charge < -0.3 is 14.7 Å². The van der Waals surface area contributed by atoms with E-state index in [-0.39, 0.29) is 25.3 Å². The van der Waals surface area contributed by atoms with E-state index >= 15 is 0 Å². The Balaban J connectivity index is 1.75. The number of fused-ring (bicyclic) bond motifs is 1. The number of hydroxylamine groups is 2. The Kier molecular flexibility index (Phi) is 4.69. The van der Waals surface area contributed by atoms with Gasteiger partial charge in [0.05, 0.1) is 12.6 Å². The zero-order valence-corrected chi connectivity index (χ0v) is 13.1. The molecule has 0 amide bonds. The third-order valence-electron chi connectivity index (χ3n) is 4.29. The van der Waals surface area contributed by atoms with E-state index in [9.17, 15) is 14.8 Å². The topological polar surface area (TPSA) is 147 Å². The first-order valence-corrected chi connectivity index (χ1v) is 7.61. The van der Waals surface area contributed by atoms with E-state index < -0.39 is 23.7 Å². The molecule has 130 valence electrons. The minimum Gasteiger partial charge on any atom is -0.358 e. The Morgan fingerprint density at radius 2 is 2.33 bits per heavy atom. The summed E-state index contributed by atoms with van der Waals surface area (Å²) in [6.45, 7) is 2.15. The number of nitrogens with one attached hydrogen (secondary N) is 2. The van der Waals surface area contributed by atoms with Gasteiger partial charge >= 0.3 is 5.69 Å². The highest BCUT2D eigenvalue weighted by molar-refractivity contribution is 5.02. The summed E-state index contributed by atoms with van der Waals surface area (Å²) in [7, 11) is 0. The summed E-state index contributed by atoms with van der Waals surface area (Å²) in [6, 6.07) is -0.333. The van der Waals surface area contributed by atoms with Crippen LogP contribution in [0.25, 0.3) is 0 Å². The molecule has 4 atom stereocenters. The van der Waals surface area contributed by atoms with Crippen molar-refractivity contribution >= 4 is 0 Å². The van der Waals surface area contributed by atoms with Gasteiger partial charge in [0.2, 0.25) is 4.91 Å². The minimum atomic E-state index is -0.590. The number of hydrogen-bond donors (Lipinski definition) is 3. The molecular weight excluding hydrogens is 320 g/mol. The molecule has 4 unspecified atom stereocenters. The molecule has 3 heterocycles. The molecule has 11 nitrogen and oxygen atoms in total. The van der Waals surface area contributed by atoms with Gasteiger partial charge in [0, 0.05) is 24.6 Å². The van der Waals surface area contributed by atoms with Crippen LogP contribution >= 0.6 is 0 Å². The van der Waals surface area contributed by atoms with E-state index in [1.54, 1.807) is 6.92 Å². The number of ether oxygens (including phenoxy) is 2. The van der Waals surface area contributed by atoms with Crippen molar-refractivity contribution in [3.8, 4) is 0 Å². The monoisotopic (exact) mass is 339 g/mol. The maximum Gasteiger partial charge on any atom is 0.330 e. The van der Waals surface area contributed by atoms with Gasteiger partial charge in [0.15, 0.2) is 0 Å². The summed E-state index contributed by atoms with van der Waals surface area (Å²) in [4.78, 5) is 28.6. The van der Waals surface area contributed by atoms with Crippen LogP contribution in [0.4, 0.5) is 0 Å². The average Bonchev–Trinajstić information content (AvgIpc) is 2.98. The highest BCUT2D eigenvalue weighted by Gasteiger charge is 2.46. The second-order valence-corrected chi connectivity index (χ2v) is 5.83. The number of aryl methyl sites for hydroxylation is 1. The van der Waals surface area contributed by atoms with Crippen LogP contribution in [-0.4, -0.2) is 51.3 Å². The predicted octanol–water partition coefficient (Wildman–Crippen LogP) is -0.511. The smallest absolute Gasteiger partial charge is 0.330 e. The second kappa shape index (κ2) is 6.75. The van der Waals surface area contributed by atoms with Crippen molar-refractivity contribution in [2.45, 2.75) is 44.4 Å². The zero-order valence-electron chi connectivity index (χ0n) is 13.1. The van der Waals surface area contributed by atoms with Crippen molar-refractivity contribution in [1.82, 2.24) is 19.5 Å². The molecule has 0 saturated carbocycles. The van der Waals surface area contributed by atoms with Gasteiger partial charge in [0.1, 0.15) is 35.7 Å². The summed E-state index contributed by atoms with van der Waals surface area (Å²) in [6.07, 6.45) is 0.698. The molecule has 0 spiro atoms. The van der Waals surface area contributed by atoms with Crippen molar-refractivity contribution in [3.05, 3.63) is 32.6 Å². The molecule has 1 aromatic heterocycles. The Morgan fingerprint density at radius 1 is 1.54 bits per heavy atom. The number of aromatic nitrogens is 2.